The summed E-state index contributed by atoms with van der Waals surface area (Å²) in [6.07, 6.45) is 1.69. The van der Waals surface area contributed by atoms with Crippen molar-refractivity contribution in [1.82, 2.24) is 15.2 Å². The average Bonchev–Trinajstić information content (AvgIpc) is 2.90. The summed E-state index contributed by atoms with van der Waals surface area (Å²) in [4.78, 5) is 46.4. The molecule has 1 aliphatic heterocycles. The molecule has 4 N–H and O–H groups in total. The summed E-state index contributed by atoms with van der Waals surface area (Å²) in [6, 6.07) is 16.5. The van der Waals surface area contributed by atoms with E-state index in [1.165, 1.54) is 17.2 Å². The van der Waals surface area contributed by atoms with Gasteiger partial charge in [-0.15, -0.1) is 0 Å². The van der Waals surface area contributed by atoms with Gasteiger partial charge in [0.25, 0.3) is 11.8 Å². The van der Waals surface area contributed by atoms with Gasteiger partial charge < -0.3 is 21.1 Å². The number of hydrogen-bond acceptors (Lipinski definition) is 7. The molecule has 1 aromatic heterocycles. The van der Waals surface area contributed by atoms with Gasteiger partial charge in [-0.2, -0.15) is 0 Å². The van der Waals surface area contributed by atoms with E-state index in [0.29, 0.717) is 28.2 Å². The van der Waals surface area contributed by atoms with Crippen molar-refractivity contribution >= 4 is 41.0 Å². The maximum atomic E-state index is 13.3. The van der Waals surface area contributed by atoms with E-state index >= 15 is 0 Å². The second-order valence-corrected chi connectivity index (χ2v) is 8.62. The van der Waals surface area contributed by atoms with Gasteiger partial charge in [-0.1, -0.05) is 30.7 Å². The highest BCUT2D eigenvalue weighted by molar-refractivity contribution is 6.30. The van der Waals surface area contributed by atoms with Crippen molar-refractivity contribution in [1.29, 1.82) is 0 Å². The highest BCUT2D eigenvalue weighted by Crippen LogP contribution is 2.23. The first-order valence-corrected chi connectivity index (χ1v) is 11.9. The van der Waals surface area contributed by atoms with Gasteiger partial charge in [0.2, 0.25) is 11.9 Å². The Bertz CT molecular complexity index is 1310. The number of hydrogen-bond donors (Lipinski definition) is 3. The molecular weight excluding hydrogens is 496 g/mol. The van der Waals surface area contributed by atoms with Gasteiger partial charge in [0, 0.05) is 17.1 Å². The molecule has 3 amide bonds. The van der Waals surface area contributed by atoms with Crippen LogP contribution in [0.2, 0.25) is 5.02 Å². The third-order valence-electron chi connectivity index (χ3n) is 5.49. The Kier molecular flexibility index (Phi) is 7.99. The van der Waals surface area contributed by atoms with Gasteiger partial charge in [0.1, 0.15) is 23.2 Å². The topological polar surface area (TPSA) is 139 Å². The first kappa shape index (κ1) is 25.6. The smallest absolute Gasteiger partial charge is 0.267 e. The lowest BCUT2D eigenvalue weighted by molar-refractivity contribution is -0.133. The van der Waals surface area contributed by atoms with Crippen LogP contribution in [0.1, 0.15) is 29.4 Å². The van der Waals surface area contributed by atoms with Crippen LogP contribution < -0.4 is 21.1 Å². The molecule has 11 heteroatoms. The summed E-state index contributed by atoms with van der Waals surface area (Å²) in [5.74, 6) is 0.258. The van der Waals surface area contributed by atoms with E-state index in [2.05, 4.69) is 20.6 Å². The van der Waals surface area contributed by atoms with Crippen LogP contribution in [0, 0.1) is 0 Å². The molecule has 3 aromatic rings. The van der Waals surface area contributed by atoms with E-state index in [4.69, 9.17) is 22.1 Å². The van der Waals surface area contributed by atoms with E-state index in [-0.39, 0.29) is 37.0 Å². The summed E-state index contributed by atoms with van der Waals surface area (Å²) >= 11 is 6.00. The van der Waals surface area contributed by atoms with Gasteiger partial charge in [-0.25, -0.2) is 9.98 Å². The molecule has 4 rings (SSSR count). The number of ether oxygens (including phenoxy) is 1. The fourth-order valence-electron chi connectivity index (χ4n) is 3.53. The minimum atomic E-state index is -0.740. The molecule has 1 aliphatic rings. The summed E-state index contributed by atoms with van der Waals surface area (Å²) in [7, 11) is 0. The number of nitrogens with one attached hydrogen (secondary N) is 2. The number of rotatable bonds is 8. The SMILES string of the molecule is CCC(=O)NC1CN=C(Nc2ccc(Oc3ccc(C(N)=O)nc3)cc2)N(Cc2ccc(Cl)cc2)C1=O. The lowest BCUT2D eigenvalue weighted by atomic mass is 10.1. The molecule has 0 spiro atoms. The first-order valence-electron chi connectivity index (χ1n) is 11.5. The van der Waals surface area contributed by atoms with E-state index < -0.39 is 11.9 Å². The summed E-state index contributed by atoms with van der Waals surface area (Å²) in [6.45, 7) is 2.10. The Balaban J connectivity index is 1.49. The Morgan fingerprint density at radius 2 is 1.78 bits per heavy atom. The molecular formula is C26H25ClN6O4. The van der Waals surface area contributed by atoms with E-state index in [1.807, 2.05) is 12.1 Å². The zero-order valence-corrected chi connectivity index (χ0v) is 20.7. The molecule has 0 fully saturated rings. The van der Waals surface area contributed by atoms with Crippen LogP contribution in [0.4, 0.5) is 5.69 Å². The first-order chi connectivity index (χ1) is 17.8. The van der Waals surface area contributed by atoms with Crippen molar-refractivity contribution < 1.29 is 19.1 Å². The maximum Gasteiger partial charge on any atom is 0.267 e. The van der Waals surface area contributed by atoms with Crippen molar-refractivity contribution in [2.24, 2.45) is 10.7 Å². The zero-order valence-electron chi connectivity index (χ0n) is 20.0. The monoisotopic (exact) mass is 520 g/mol. The van der Waals surface area contributed by atoms with E-state index in [9.17, 15) is 14.4 Å². The Hall–Kier alpha value is -4.44. The number of guanidine groups is 1. The number of nitrogens with two attached hydrogens (primary N) is 1. The maximum absolute atomic E-state index is 13.3. The van der Waals surface area contributed by atoms with Crippen molar-refractivity contribution in [2.75, 3.05) is 11.9 Å². The number of amides is 3. The molecule has 1 atom stereocenters. The number of halogens is 1. The molecule has 10 nitrogen and oxygen atoms in total. The quantitative estimate of drug-likeness (QED) is 0.416. The van der Waals surface area contributed by atoms with Gasteiger partial charge in [0.15, 0.2) is 0 Å². The average molecular weight is 521 g/mol. The number of anilines is 1. The number of aromatic nitrogens is 1. The van der Waals surface area contributed by atoms with Crippen molar-refractivity contribution in [3.8, 4) is 11.5 Å². The summed E-state index contributed by atoms with van der Waals surface area (Å²) in [5.41, 5.74) is 6.89. The molecule has 2 aromatic carbocycles. The normalized spacial score (nSPS) is 15.1. The lowest BCUT2D eigenvalue weighted by Gasteiger charge is -2.32. The third-order valence-corrected chi connectivity index (χ3v) is 5.74. The molecule has 0 radical (unpaired) electrons. The van der Waals surface area contributed by atoms with Gasteiger partial charge >= 0.3 is 0 Å². The summed E-state index contributed by atoms with van der Waals surface area (Å²) < 4.78 is 5.76. The van der Waals surface area contributed by atoms with Gasteiger partial charge in [-0.05, 0) is 54.1 Å². The molecule has 0 saturated heterocycles. The van der Waals surface area contributed by atoms with Crippen LogP contribution in [-0.2, 0) is 16.1 Å². The predicted molar refractivity (Wildman–Crippen MR) is 139 cm³/mol. The molecule has 0 aliphatic carbocycles. The van der Waals surface area contributed by atoms with Crippen LogP contribution in [-0.4, -0.2) is 46.2 Å². The largest absolute Gasteiger partial charge is 0.456 e. The van der Waals surface area contributed by atoms with Crippen LogP contribution >= 0.6 is 11.6 Å². The predicted octanol–water partition coefficient (Wildman–Crippen LogP) is 3.33. The van der Waals surface area contributed by atoms with E-state index in [1.54, 1.807) is 49.4 Å². The number of aliphatic imine (C=N–C) groups is 1. The molecule has 0 saturated carbocycles. The number of carbonyl (C=O) groups excluding carboxylic acids is 3. The number of pyridine rings is 1. The van der Waals surface area contributed by atoms with Crippen molar-refractivity contribution in [3.05, 3.63) is 83.1 Å². The Morgan fingerprint density at radius 1 is 1.08 bits per heavy atom. The van der Waals surface area contributed by atoms with Crippen LogP contribution in [0.25, 0.3) is 0 Å². The van der Waals surface area contributed by atoms with Crippen LogP contribution in [0.15, 0.2) is 71.9 Å². The second kappa shape index (κ2) is 11.5. The Morgan fingerprint density at radius 3 is 2.41 bits per heavy atom. The third kappa shape index (κ3) is 6.62. The van der Waals surface area contributed by atoms with Gasteiger partial charge in [0.05, 0.1) is 19.3 Å². The van der Waals surface area contributed by atoms with Crippen molar-refractivity contribution in [3.63, 3.8) is 0 Å². The molecule has 2 heterocycles. The Labute approximate surface area is 218 Å². The fourth-order valence-corrected chi connectivity index (χ4v) is 3.65. The molecule has 0 bridgehead atoms. The standard InChI is InChI=1S/C26H25ClN6O4/c1-2-23(34)32-22-14-30-26(33(25(22)36)15-16-3-5-17(27)6-4-16)31-18-7-9-19(10-8-18)37-20-11-12-21(24(28)35)29-13-20/h3-13,22H,2,14-15H2,1H3,(H2,28,35)(H,30,31)(H,32,34). The van der Waals surface area contributed by atoms with E-state index in [0.717, 1.165) is 5.56 Å². The molecule has 37 heavy (non-hydrogen) atoms. The summed E-state index contributed by atoms with van der Waals surface area (Å²) in [5, 5.41) is 6.52. The fraction of sp³-hybridized carbons (Fsp3) is 0.192. The minimum absolute atomic E-state index is 0.125. The lowest BCUT2D eigenvalue weighted by Crippen LogP contribution is -2.56. The highest BCUT2D eigenvalue weighted by atomic mass is 35.5. The van der Waals surface area contributed by atoms with Crippen LogP contribution in [0.3, 0.4) is 0 Å². The number of carbonyl (C=O) groups is 3. The van der Waals surface area contributed by atoms with Crippen molar-refractivity contribution in [2.45, 2.75) is 25.9 Å². The number of primary amides is 1. The zero-order chi connectivity index (χ0) is 26.4. The second-order valence-electron chi connectivity index (χ2n) is 8.18. The molecule has 190 valence electrons. The molecule has 1 unspecified atom stereocenters. The number of benzene rings is 2. The van der Waals surface area contributed by atoms with Crippen LogP contribution in [0.5, 0.6) is 11.5 Å². The number of nitrogens with zero attached hydrogens (tertiary/aromatic N) is 3. The minimum Gasteiger partial charge on any atom is -0.456 e. The van der Waals surface area contributed by atoms with Gasteiger partial charge in [-0.3, -0.25) is 19.3 Å². The highest BCUT2D eigenvalue weighted by Gasteiger charge is 2.33.